The van der Waals surface area contributed by atoms with Crippen molar-refractivity contribution in [2.45, 2.75) is 0 Å². The fraction of sp³-hybridized carbons (Fsp3) is 0. The highest BCUT2D eigenvalue weighted by Crippen LogP contribution is 2.35. The lowest BCUT2D eigenvalue weighted by Gasteiger charge is -2.13. The van der Waals surface area contributed by atoms with E-state index in [0.717, 1.165) is 44.9 Å². The minimum Gasteiger partial charge on any atom is -0.309 e. The zero-order chi connectivity index (χ0) is 26.2. The molecule has 0 saturated heterocycles. The van der Waals surface area contributed by atoms with E-state index >= 15 is 0 Å². The van der Waals surface area contributed by atoms with E-state index in [-0.39, 0.29) is 0 Å². The van der Waals surface area contributed by atoms with Gasteiger partial charge in [-0.3, -0.25) is 0 Å². The van der Waals surface area contributed by atoms with Crippen LogP contribution in [0.25, 0.3) is 67.2 Å². The summed E-state index contributed by atoms with van der Waals surface area (Å²) in [6.45, 7) is 3.97. The smallest absolute Gasteiger partial charge is 0.0715 e. The van der Waals surface area contributed by atoms with E-state index in [0.29, 0.717) is 0 Å². The van der Waals surface area contributed by atoms with E-state index < -0.39 is 0 Å². The minimum atomic E-state index is 0.964. The molecule has 2 heterocycles. The maximum atomic E-state index is 5.06. The summed E-state index contributed by atoms with van der Waals surface area (Å²) in [6, 6.07) is 49.2. The molecule has 0 unspecified atom stereocenters. The van der Waals surface area contributed by atoms with Gasteiger partial charge in [0.25, 0.3) is 0 Å². The maximum absolute atomic E-state index is 5.06. The van der Waals surface area contributed by atoms with Crippen LogP contribution >= 0.6 is 0 Å². The molecule has 0 saturated carbocycles. The van der Waals surface area contributed by atoms with Crippen molar-refractivity contribution >= 4 is 27.9 Å². The third-order valence-corrected chi connectivity index (χ3v) is 7.33. The van der Waals surface area contributed by atoms with Gasteiger partial charge < -0.3 is 4.57 Å². The highest BCUT2D eigenvalue weighted by molar-refractivity contribution is 6.09. The molecule has 2 heteroatoms. The van der Waals surface area contributed by atoms with E-state index in [1.165, 1.54) is 21.8 Å². The number of benzene rings is 5. The predicted molar refractivity (Wildman–Crippen MR) is 165 cm³/mol. The number of para-hydroxylation sites is 1. The van der Waals surface area contributed by atoms with E-state index in [9.17, 15) is 0 Å². The summed E-state index contributed by atoms with van der Waals surface area (Å²) >= 11 is 0. The van der Waals surface area contributed by atoms with Crippen LogP contribution in [0, 0.1) is 0 Å². The van der Waals surface area contributed by atoms with E-state index in [4.69, 9.17) is 4.98 Å². The summed E-state index contributed by atoms with van der Waals surface area (Å²) in [5, 5.41) is 2.47. The molecule has 2 nitrogen and oxygen atoms in total. The average molecular weight is 499 g/mol. The number of nitrogens with zero attached hydrogens (tertiary/aromatic N) is 2. The number of aromatic nitrogens is 2. The fourth-order valence-corrected chi connectivity index (χ4v) is 5.43. The van der Waals surface area contributed by atoms with Crippen LogP contribution in [0.1, 0.15) is 5.56 Å². The topological polar surface area (TPSA) is 17.8 Å². The summed E-state index contributed by atoms with van der Waals surface area (Å²) in [6.07, 6.45) is 1.91. The molecule has 0 aliphatic rings. The highest BCUT2D eigenvalue weighted by Gasteiger charge is 2.14. The molecular formula is C37H26N2. The largest absolute Gasteiger partial charge is 0.309 e. The molecule has 0 atom stereocenters. The van der Waals surface area contributed by atoms with Gasteiger partial charge in [-0.05, 0) is 59.2 Å². The third kappa shape index (κ3) is 4.13. The molecule has 7 aromatic rings. The lowest BCUT2D eigenvalue weighted by atomic mass is 9.99. The van der Waals surface area contributed by atoms with Crippen molar-refractivity contribution in [3.63, 3.8) is 0 Å². The van der Waals surface area contributed by atoms with Gasteiger partial charge in [-0.1, -0.05) is 110 Å². The number of hydrogen-bond acceptors (Lipinski definition) is 1. The molecule has 0 aliphatic heterocycles. The summed E-state index contributed by atoms with van der Waals surface area (Å²) in [5.41, 5.74) is 11.1. The van der Waals surface area contributed by atoms with Crippen LogP contribution in [0.5, 0.6) is 0 Å². The molecule has 7 rings (SSSR count). The normalized spacial score (nSPS) is 11.2. The first kappa shape index (κ1) is 22.9. The average Bonchev–Trinajstić information content (AvgIpc) is 3.35. The van der Waals surface area contributed by atoms with Gasteiger partial charge in [0, 0.05) is 27.6 Å². The van der Waals surface area contributed by atoms with Crippen molar-refractivity contribution in [1.82, 2.24) is 9.55 Å². The molecule has 0 aliphatic carbocycles. The van der Waals surface area contributed by atoms with Gasteiger partial charge in [0.05, 0.1) is 22.4 Å². The van der Waals surface area contributed by atoms with Crippen LogP contribution in [0.2, 0.25) is 0 Å². The quantitative estimate of drug-likeness (QED) is 0.231. The lowest BCUT2D eigenvalue weighted by Crippen LogP contribution is -1.95. The van der Waals surface area contributed by atoms with E-state index in [1.54, 1.807) is 0 Å². The first-order valence-electron chi connectivity index (χ1n) is 13.2. The van der Waals surface area contributed by atoms with Crippen molar-refractivity contribution < 1.29 is 0 Å². The maximum Gasteiger partial charge on any atom is 0.0715 e. The molecule has 184 valence electrons. The molecule has 0 spiro atoms. The number of hydrogen-bond donors (Lipinski definition) is 0. The Morgan fingerprint density at radius 3 is 1.79 bits per heavy atom. The van der Waals surface area contributed by atoms with Crippen molar-refractivity contribution in [3.8, 4) is 39.3 Å². The second kappa shape index (κ2) is 9.59. The third-order valence-electron chi connectivity index (χ3n) is 7.33. The summed E-state index contributed by atoms with van der Waals surface area (Å²) < 4.78 is 2.36. The minimum absolute atomic E-state index is 0.964. The Morgan fingerprint density at radius 1 is 0.487 bits per heavy atom. The van der Waals surface area contributed by atoms with Gasteiger partial charge in [0.15, 0.2) is 0 Å². The molecule has 0 amide bonds. The van der Waals surface area contributed by atoms with Crippen molar-refractivity contribution in [2.24, 2.45) is 0 Å². The molecular weight excluding hydrogens is 472 g/mol. The molecule has 5 aromatic carbocycles. The zero-order valence-corrected chi connectivity index (χ0v) is 21.5. The van der Waals surface area contributed by atoms with Gasteiger partial charge >= 0.3 is 0 Å². The molecule has 0 bridgehead atoms. The first-order valence-corrected chi connectivity index (χ1v) is 13.2. The standard InChI is InChI=1S/C37H26N2/c1-2-26-20-21-37-33(22-26)32-18-9-10-19-36(32)39(37)31-17-11-16-29(23-31)30-24-34(27-12-5-3-6-13-27)38-35(25-30)28-14-7-4-8-15-28/h2-25H,1H2. The summed E-state index contributed by atoms with van der Waals surface area (Å²) in [7, 11) is 0. The highest BCUT2D eigenvalue weighted by atomic mass is 15.0. The van der Waals surface area contributed by atoms with Gasteiger partial charge in [0.2, 0.25) is 0 Å². The van der Waals surface area contributed by atoms with Crippen LogP contribution in [0.3, 0.4) is 0 Å². The van der Waals surface area contributed by atoms with Crippen molar-refractivity contribution in [1.29, 1.82) is 0 Å². The van der Waals surface area contributed by atoms with Crippen molar-refractivity contribution in [3.05, 3.63) is 152 Å². The Balaban J connectivity index is 1.43. The lowest BCUT2D eigenvalue weighted by molar-refractivity contribution is 1.18. The monoisotopic (exact) mass is 498 g/mol. The zero-order valence-electron chi connectivity index (χ0n) is 21.5. The van der Waals surface area contributed by atoms with Crippen molar-refractivity contribution in [2.75, 3.05) is 0 Å². The Bertz CT molecular complexity index is 1910. The van der Waals surface area contributed by atoms with Crippen LogP contribution in [-0.2, 0) is 0 Å². The van der Waals surface area contributed by atoms with Crippen LogP contribution < -0.4 is 0 Å². The van der Waals surface area contributed by atoms with E-state index in [1.807, 2.05) is 18.2 Å². The van der Waals surface area contributed by atoms with E-state index in [2.05, 4.69) is 139 Å². The molecule has 0 fully saturated rings. The fourth-order valence-electron chi connectivity index (χ4n) is 5.43. The Hall–Kier alpha value is -5.21. The first-order chi connectivity index (χ1) is 19.3. The van der Waals surface area contributed by atoms with Crippen LogP contribution in [-0.4, -0.2) is 9.55 Å². The SMILES string of the molecule is C=Cc1ccc2c(c1)c1ccccc1n2-c1cccc(-c2cc(-c3ccccc3)nc(-c3ccccc3)c2)c1. The Morgan fingerprint density at radius 2 is 1.10 bits per heavy atom. The molecule has 0 radical (unpaired) electrons. The van der Waals surface area contributed by atoms with Crippen LogP contribution in [0.4, 0.5) is 0 Å². The molecule has 2 aromatic heterocycles. The number of rotatable bonds is 5. The molecule has 0 N–H and O–H groups in total. The Labute approximate surface area is 228 Å². The summed E-state index contributed by atoms with van der Waals surface area (Å²) in [4.78, 5) is 5.06. The van der Waals surface area contributed by atoms with Gasteiger partial charge in [0.1, 0.15) is 0 Å². The van der Waals surface area contributed by atoms with Gasteiger partial charge in [-0.25, -0.2) is 4.98 Å². The number of fused-ring (bicyclic) bond motifs is 3. The summed E-state index contributed by atoms with van der Waals surface area (Å²) in [5.74, 6) is 0. The second-order valence-corrected chi connectivity index (χ2v) is 9.74. The molecule has 39 heavy (non-hydrogen) atoms. The van der Waals surface area contributed by atoms with Gasteiger partial charge in [-0.2, -0.15) is 0 Å². The predicted octanol–water partition coefficient (Wildman–Crippen LogP) is 9.82. The van der Waals surface area contributed by atoms with Crippen LogP contribution in [0.15, 0.2) is 146 Å². The van der Waals surface area contributed by atoms with Gasteiger partial charge in [-0.15, -0.1) is 0 Å². The Kier molecular flexibility index (Phi) is 5.64. The number of pyridine rings is 1. The second-order valence-electron chi connectivity index (χ2n) is 9.74.